The topological polar surface area (TPSA) is 64.6 Å². The Kier molecular flexibility index (Phi) is 5.88. The summed E-state index contributed by atoms with van der Waals surface area (Å²) in [6.07, 6.45) is 2.52. The lowest BCUT2D eigenvalue weighted by Gasteiger charge is -2.37. The van der Waals surface area contributed by atoms with Crippen LogP contribution < -0.4 is 10.6 Å². The first-order valence-electron chi connectivity index (χ1n) is 6.45. The molecule has 0 aromatic rings. The van der Waals surface area contributed by atoms with Crippen molar-refractivity contribution in [2.75, 3.05) is 39.8 Å². The monoisotopic (exact) mass is 243 g/mol. The number of nitrogens with one attached hydrogen (secondary N) is 2. The number of hydrogen-bond donors (Lipinski definition) is 3. The van der Waals surface area contributed by atoms with Crippen molar-refractivity contribution in [3.63, 3.8) is 0 Å². The first kappa shape index (κ1) is 14.4. The van der Waals surface area contributed by atoms with E-state index in [2.05, 4.69) is 17.6 Å². The zero-order chi connectivity index (χ0) is 12.7. The van der Waals surface area contributed by atoms with Crippen molar-refractivity contribution < 1.29 is 9.90 Å². The van der Waals surface area contributed by atoms with Gasteiger partial charge >= 0.3 is 0 Å². The number of hydrogen-bond acceptors (Lipinski definition) is 4. The first-order valence-corrected chi connectivity index (χ1v) is 6.45. The highest BCUT2D eigenvalue weighted by Gasteiger charge is 2.31. The number of carbonyl (C=O) groups excluding carboxylic acids is 1. The second kappa shape index (κ2) is 6.93. The number of aliphatic hydroxyl groups is 1. The highest BCUT2D eigenvalue weighted by atomic mass is 16.3. The summed E-state index contributed by atoms with van der Waals surface area (Å²) in [4.78, 5) is 13.4. The van der Waals surface area contributed by atoms with Crippen LogP contribution in [0.3, 0.4) is 0 Å². The van der Waals surface area contributed by atoms with Crippen molar-refractivity contribution in [2.45, 2.75) is 31.8 Å². The number of likely N-dealkylation sites (N-methyl/N-ethyl adjacent to an activating group) is 1. The van der Waals surface area contributed by atoms with Gasteiger partial charge in [-0.3, -0.25) is 9.69 Å². The SMILES string of the molecule is CCCN(CC(=O)NC)CC1(O)CCNCC1. The minimum Gasteiger partial charge on any atom is -0.388 e. The van der Waals surface area contributed by atoms with E-state index >= 15 is 0 Å². The second-order valence-corrected chi connectivity index (χ2v) is 4.86. The molecule has 0 unspecified atom stereocenters. The highest BCUT2D eigenvalue weighted by molar-refractivity contribution is 5.77. The average Bonchev–Trinajstić information content (AvgIpc) is 2.29. The van der Waals surface area contributed by atoms with Crippen LogP contribution in [-0.4, -0.2) is 61.3 Å². The summed E-state index contributed by atoms with van der Waals surface area (Å²) < 4.78 is 0. The van der Waals surface area contributed by atoms with Crippen molar-refractivity contribution in [1.82, 2.24) is 15.5 Å². The molecule has 0 aliphatic carbocycles. The Labute approximate surface area is 104 Å². The number of piperidine rings is 1. The van der Waals surface area contributed by atoms with Gasteiger partial charge in [-0.05, 0) is 38.9 Å². The molecule has 17 heavy (non-hydrogen) atoms. The summed E-state index contributed by atoms with van der Waals surface area (Å²) in [7, 11) is 1.64. The maximum Gasteiger partial charge on any atom is 0.233 e. The summed E-state index contributed by atoms with van der Waals surface area (Å²) in [5, 5.41) is 16.3. The van der Waals surface area contributed by atoms with E-state index < -0.39 is 5.60 Å². The molecule has 1 rings (SSSR count). The lowest BCUT2D eigenvalue weighted by Crippen LogP contribution is -2.51. The van der Waals surface area contributed by atoms with Crippen LogP contribution in [0.4, 0.5) is 0 Å². The van der Waals surface area contributed by atoms with Crippen LogP contribution in [0, 0.1) is 0 Å². The van der Waals surface area contributed by atoms with E-state index in [1.807, 2.05) is 4.90 Å². The lowest BCUT2D eigenvalue weighted by molar-refractivity contribution is -0.122. The number of nitrogens with zero attached hydrogens (tertiary/aromatic N) is 1. The van der Waals surface area contributed by atoms with Gasteiger partial charge in [-0.1, -0.05) is 6.92 Å². The lowest BCUT2D eigenvalue weighted by atomic mass is 9.92. The van der Waals surface area contributed by atoms with E-state index in [1.54, 1.807) is 7.05 Å². The molecule has 5 nitrogen and oxygen atoms in total. The molecule has 1 aliphatic heterocycles. The zero-order valence-electron chi connectivity index (χ0n) is 11.0. The van der Waals surface area contributed by atoms with E-state index in [1.165, 1.54) is 0 Å². The maximum absolute atomic E-state index is 11.4. The molecule has 3 N–H and O–H groups in total. The van der Waals surface area contributed by atoms with Gasteiger partial charge in [0.05, 0.1) is 12.1 Å². The van der Waals surface area contributed by atoms with Gasteiger partial charge in [-0.25, -0.2) is 0 Å². The predicted molar refractivity (Wildman–Crippen MR) is 67.9 cm³/mol. The Bertz CT molecular complexity index is 240. The van der Waals surface area contributed by atoms with Crippen molar-refractivity contribution in [3.05, 3.63) is 0 Å². The normalized spacial score (nSPS) is 19.3. The van der Waals surface area contributed by atoms with Crippen LogP contribution >= 0.6 is 0 Å². The van der Waals surface area contributed by atoms with Gasteiger partial charge in [0.15, 0.2) is 0 Å². The maximum atomic E-state index is 11.4. The van der Waals surface area contributed by atoms with Gasteiger partial charge in [0.25, 0.3) is 0 Å². The number of carbonyl (C=O) groups is 1. The molecule has 0 aromatic carbocycles. The molecular formula is C12H25N3O2. The van der Waals surface area contributed by atoms with Crippen molar-refractivity contribution in [3.8, 4) is 0 Å². The molecule has 0 saturated carbocycles. The Morgan fingerprint density at radius 2 is 2.12 bits per heavy atom. The second-order valence-electron chi connectivity index (χ2n) is 4.86. The van der Waals surface area contributed by atoms with Gasteiger partial charge in [-0.15, -0.1) is 0 Å². The Morgan fingerprint density at radius 1 is 1.47 bits per heavy atom. The van der Waals surface area contributed by atoms with Gasteiger partial charge in [0.1, 0.15) is 0 Å². The minimum atomic E-state index is -0.631. The van der Waals surface area contributed by atoms with E-state index in [4.69, 9.17) is 0 Å². The molecular weight excluding hydrogens is 218 g/mol. The third-order valence-corrected chi connectivity index (χ3v) is 3.24. The Balaban J connectivity index is 2.49. The Morgan fingerprint density at radius 3 is 2.65 bits per heavy atom. The molecule has 100 valence electrons. The summed E-state index contributed by atoms with van der Waals surface area (Å²) >= 11 is 0. The Hall–Kier alpha value is -0.650. The van der Waals surface area contributed by atoms with Crippen LogP contribution in [0.2, 0.25) is 0 Å². The van der Waals surface area contributed by atoms with Gasteiger partial charge in [-0.2, -0.15) is 0 Å². The van der Waals surface area contributed by atoms with Crippen molar-refractivity contribution >= 4 is 5.91 Å². The first-order chi connectivity index (χ1) is 8.09. The molecule has 1 fully saturated rings. The summed E-state index contributed by atoms with van der Waals surface area (Å²) in [6.45, 7) is 5.62. The minimum absolute atomic E-state index is 0.0102. The molecule has 0 bridgehead atoms. The summed E-state index contributed by atoms with van der Waals surface area (Å²) in [5.41, 5.74) is -0.631. The molecule has 5 heteroatoms. The molecule has 0 spiro atoms. The van der Waals surface area contributed by atoms with Crippen LogP contribution in [0.15, 0.2) is 0 Å². The van der Waals surface area contributed by atoms with E-state index in [-0.39, 0.29) is 5.91 Å². The fourth-order valence-corrected chi connectivity index (χ4v) is 2.28. The third kappa shape index (κ3) is 5.02. The summed E-state index contributed by atoms with van der Waals surface area (Å²) in [5.74, 6) is 0.0102. The number of amides is 1. The average molecular weight is 243 g/mol. The zero-order valence-corrected chi connectivity index (χ0v) is 11.0. The van der Waals surface area contributed by atoms with Crippen molar-refractivity contribution in [1.29, 1.82) is 0 Å². The van der Waals surface area contributed by atoms with Gasteiger partial charge in [0, 0.05) is 13.6 Å². The number of rotatable bonds is 6. The summed E-state index contributed by atoms with van der Waals surface area (Å²) in [6, 6.07) is 0. The standard InChI is InChI=1S/C12H25N3O2/c1-3-8-15(9-11(16)13-2)10-12(17)4-6-14-7-5-12/h14,17H,3-10H2,1-2H3,(H,13,16). The third-order valence-electron chi connectivity index (χ3n) is 3.24. The van der Waals surface area contributed by atoms with Crippen molar-refractivity contribution in [2.24, 2.45) is 0 Å². The van der Waals surface area contributed by atoms with Crippen LogP contribution in [-0.2, 0) is 4.79 Å². The van der Waals surface area contributed by atoms with Gasteiger partial charge in [0.2, 0.25) is 5.91 Å². The fourth-order valence-electron chi connectivity index (χ4n) is 2.28. The van der Waals surface area contributed by atoms with Crippen LogP contribution in [0.1, 0.15) is 26.2 Å². The van der Waals surface area contributed by atoms with E-state index in [9.17, 15) is 9.90 Å². The molecule has 1 heterocycles. The molecule has 0 atom stereocenters. The highest BCUT2D eigenvalue weighted by Crippen LogP contribution is 2.19. The molecule has 0 radical (unpaired) electrons. The molecule has 1 amide bonds. The fraction of sp³-hybridized carbons (Fsp3) is 0.917. The van der Waals surface area contributed by atoms with E-state index in [0.717, 1.165) is 38.9 Å². The molecule has 0 aromatic heterocycles. The smallest absolute Gasteiger partial charge is 0.233 e. The van der Waals surface area contributed by atoms with Crippen LogP contribution in [0.25, 0.3) is 0 Å². The largest absolute Gasteiger partial charge is 0.388 e. The van der Waals surface area contributed by atoms with E-state index in [0.29, 0.717) is 13.1 Å². The molecule has 1 aliphatic rings. The predicted octanol–water partition coefficient (Wildman–Crippen LogP) is -0.441. The van der Waals surface area contributed by atoms with Gasteiger partial charge < -0.3 is 15.7 Å². The quantitative estimate of drug-likeness (QED) is 0.592. The molecule has 1 saturated heterocycles. The van der Waals surface area contributed by atoms with Crippen LogP contribution in [0.5, 0.6) is 0 Å².